The summed E-state index contributed by atoms with van der Waals surface area (Å²) in [7, 11) is 2.15. The van der Waals surface area contributed by atoms with E-state index in [0.717, 1.165) is 39.0 Å². The minimum absolute atomic E-state index is 0.112. The van der Waals surface area contributed by atoms with Crippen LogP contribution < -0.4 is 0 Å². The smallest absolute Gasteiger partial charge is 0.0701 e. The van der Waals surface area contributed by atoms with Crippen molar-refractivity contribution in [3.63, 3.8) is 0 Å². The predicted molar refractivity (Wildman–Crippen MR) is 66.6 cm³/mol. The van der Waals surface area contributed by atoms with Crippen molar-refractivity contribution in [2.24, 2.45) is 0 Å². The minimum Gasteiger partial charge on any atom is -0.393 e. The molecular weight excluding hydrogens is 202 g/mol. The summed E-state index contributed by atoms with van der Waals surface area (Å²) in [5.74, 6) is 0. The van der Waals surface area contributed by atoms with Crippen molar-refractivity contribution >= 4 is 0 Å². The number of aliphatic hydroxyl groups excluding tert-OH is 1. The van der Waals surface area contributed by atoms with Gasteiger partial charge in [0.25, 0.3) is 0 Å². The van der Waals surface area contributed by atoms with Crippen LogP contribution in [0, 0.1) is 0 Å². The van der Waals surface area contributed by atoms with Gasteiger partial charge >= 0.3 is 0 Å². The summed E-state index contributed by atoms with van der Waals surface area (Å²) in [4.78, 5) is 2.33. The molecular formula is C13H27NO2. The van der Waals surface area contributed by atoms with E-state index in [1.54, 1.807) is 0 Å². The fourth-order valence-electron chi connectivity index (χ4n) is 2.19. The quantitative estimate of drug-likeness (QED) is 0.725. The van der Waals surface area contributed by atoms with Crippen LogP contribution in [0.25, 0.3) is 0 Å². The Morgan fingerprint density at radius 1 is 1.44 bits per heavy atom. The molecule has 1 fully saturated rings. The first-order chi connectivity index (χ1) is 7.72. The van der Waals surface area contributed by atoms with Gasteiger partial charge < -0.3 is 14.7 Å². The average molecular weight is 229 g/mol. The summed E-state index contributed by atoms with van der Waals surface area (Å²) in [6.07, 6.45) is 6.95. The summed E-state index contributed by atoms with van der Waals surface area (Å²) in [6, 6.07) is 0. The normalized spacial score (nSPS) is 23.6. The van der Waals surface area contributed by atoms with Gasteiger partial charge in [0, 0.05) is 13.2 Å². The molecule has 1 heterocycles. The maximum Gasteiger partial charge on any atom is 0.0701 e. The molecule has 0 aromatic carbocycles. The zero-order valence-electron chi connectivity index (χ0n) is 10.8. The maximum absolute atomic E-state index is 9.45. The third-order valence-electron chi connectivity index (χ3n) is 3.34. The van der Waals surface area contributed by atoms with Gasteiger partial charge in [0.2, 0.25) is 0 Å². The number of ether oxygens (including phenoxy) is 1. The van der Waals surface area contributed by atoms with Crippen LogP contribution in [0.3, 0.4) is 0 Å². The molecule has 0 radical (unpaired) electrons. The molecule has 0 saturated carbocycles. The minimum atomic E-state index is -0.112. The molecule has 0 aromatic heterocycles. The van der Waals surface area contributed by atoms with E-state index in [1.807, 2.05) is 6.92 Å². The first-order valence-electron chi connectivity index (χ1n) is 6.70. The predicted octanol–water partition coefficient (Wildman–Crippen LogP) is 2.04. The Kier molecular flexibility index (Phi) is 7.01. The molecule has 2 unspecified atom stereocenters. The van der Waals surface area contributed by atoms with Gasteiger partial charge in [-0.3, -0.25) is 0 Å². The van der Waals surface area contributed by atoms with Gasteiger partial charge in [-0.05, 0) is 52.1 Å². The lowest BCUT2D eigenvalue weighted by Gasteiger charge is -2.27. The number of nitrogens with zero attached hydrogens (tertiary/aromatic N) is 1. The number of hydrogen-bond acceptors (Lipinski definition) is 3. The van der Waals surface area contributed by atoms with E-state index in [9.17, 15) is 5.11 Å². The highest BCUT2D eigenvalue weighted by molar-refractivity contribution is 4.67. The van der Waals surface area contributed by atoms with E-state index in [0.29, 0.717) is 6.10 Å². The van der Waals surface area contributed by atoms with E-state index in [-0.39, 0.29) is 6.10 Å². The highest BCUT2D eigenvalue weighted by Crippen LogP contribution is 2.13. The van der Waals surface area contributed by atoms with Gasteiger partial charge in [-0.1, -0.05) is 6.92 Å². The molecule has 2 atom stereocenters. The standard InChI is InChI=1S/C13H27NO2/c1-3-12(15)7-6-9-14(2)11-13-8-4-5-10-16-13/h12-13,15H,3-11H2,1-2H3. The first kappa shape index (κ1) is 13.9. The molecule has 0 aromatic rings. The Labute approximate surface area is 99.8 Å². The SMILES string of the molecule is CCC(O)CCCN(C)CC1CCCCO1. The molecule has 1 N–H and O–H groups in total. The Balaban J connectivity index is 2.03. The Hall–Kier alpha value is -0.120. The van der Waals surface area contributed by atoms with Crippen molar-refractivity contribution in [1.29, 1.82) is 0 Å². The maximum atomic E-state index is 9.45. The van der Waals surface area contributed by atoms with Crippen molar-refractivity contribution in [3.05, 3.63) is 0 Å². The third-order valence-corrected chi connectivity index (χ3v) is 3.34. The Bertz CT molecular complexity index is 169. The number of rotatable bonds is 7. The van der Waals surface area contributed by atoms with E-state index >= 15 is 0 Å². The summed E-state index contributed by atoms with van der Waals surface area (Å²) in [5.41, 5.74) is 0. The average Bonchev–Trinajstić information content (AvgIpc) is 2.30. The zero-order chi connectivity index (χ0) is 11.8. The molecule has 16 heavy (non-hydrogen) atoms. The second kappa shape index (κ2) is 8.04. The third kappa shape index (κ3) is 5.83. The zero-order valence-corrected chi connectivity index (χ0v) is 10.8. The van der Waals surface area contributed by atoms with Crippen LogP contribution in [-0.4, -0.2) is 49.0 Å². The van der Waals surface area contributed by atoms with Crippen LogP contribution in [0.4, 0.5) is 0 Å². The molecule has 1 saturated heterocycles. The van der Waals surface area contributed by atoms with Crippen LogP contribution in [-0.2, 0) is 4.74 Å². The van der Waals surface area contributed by atoms with Crippen LogP contribution in [0.1, 0.15) is 45.4 Å². The van der Waals surface area contributed by atoms with E-state index in [4.69, 9.17) is 4.74 Å². The van der Waals surface area contributed by atoms with Gasteiger partial charge in [0.15, 0.2) is 0 Å². The Morgan fingerprint density at radius 2 is 2.25 bits per heavy atom. The van der Waals surface area contributed by atoms with E-state index < -0.39 is 0 Å². The number of likely N-dealkylation sites (N-methyl/N-ethyl adjacent to an activating group) is 1. The highest BCUT2D eigenvalue weighted by Gasteiger charge is 2.15. The van der Waals surface area contributed by atoms with Crippen LogP contribution >= 0.6 is 0 Å². The fraction of sp³-hybridized carbons (Fsp3) is 1.00. The molecule has 3 nitrogen and oxygen atoms in total. The summed E-state index contributed by atoms with van der Waals surface area (Å²) in [5, 5.41) is 9.45. The topological polar surface area (TPSA) is 32.7 Å². The molecule has 1 aliphatic heterocycles. The van der Waals surface area contributed by atoms with Crippen molar-refractivity contribution < 1.29 is 9.84 Å². The second-order valence-electron chi connectivity index (χ2n) is 4.96. The molecule has 0 amide bonds. The molecule has 0 aliphatic carbocycles. The molecule has 3 heteroatoms. The Morgan fingerprint density at radius 3 is 2.88 bits per heavy atom. The molecule has 1 aliphatic rings. The molecule has 0 bridgehead atoms. The van der Waals surface area contributed by atoms with Crippen LogP contribution in [0.15, 0.2) is 0 Å². The second-order valence-corrected chi connectivity index (χ2v) is 4.96. The lowest BCUT2D eigenvalue weighted by Crippen LogP contribution is -2.34. The highest BCUT2D eigenvalue weighted by atomic mass is 16.5. The lowest BCUT2D eigenvalue weighted by atomic mass is 10.1. The van der Waals surface area contributed by atoms with Crippen molar-refractivity contribution in [1.82, 2.24) is 4.90 Å². The molecule has 96 valence electrons. The fourth-order valence-corrected chi connectivity index (χ4v) is 2.19. The van der Waals surface area contributed by atoms with Crippen LogP contribution in [0.2, 0.25) is 0 Å². The first-order valence-corrected chi connectivity index (χ1v) is 6.70. The van der Waals surface area contributed by atoms with Gasteiger partial charge in [0.05, 0.1) is 12.2 Å². The number of aliphatic hydroxyl groups is 1. The van der Waals surface area contributed by atoms with E-state index in [2.05, 4.69) is 11.9 Å². The van der Waals surface area contributed by atoms with Gasteiger partial charge in [0.1, 0.15) is 0 Å². The van der Waals surface area contributed by atoms with Crippen LogP contribution in [0.5, 0.6) is 0 Å². The lowest BCUT2D eigenvalue weighted by molar-refractivity contribution is -0.00199. The summed E-state index contributed by atoms with van der Waals surface area (Å²) < 4.78 is 5.71. The van der Waals surface area contributed by atoms with Gasteiger partial charge in [-0.2, -0.15) is 0 Å². The monoisotopic (exact) mass is 229 g/mol. The van der Waals surface area contributed by atoms with Gasteiger partial charge in [-0.15, -0.1) is 0 Å². The molecule has 1 rings (SSSR count). The van der Waals surface area contributed by atoms with Crippen molar-refractivity contribution in [3.8, 4) is 0 Å². The van der Waals surface area contributed by atoms with Crippen molar-refractivity contribution in [2.45, 2.75) is 57.7 Å². The molecule has 0 spiro atoms. The van der Waals surface area contributed by atoms with Crippen molar-refractivity contribution in [2.75, 3.05) is 26.7 Å². The number of hydrogen-bond donors (Lipinski definition) is 1. The summed E-state index contributed by atoms with van der Waals surface area (Å²) in [6.45, 7) is 5.08. The van der Waals surface area contributed by atoms with Gasteiger partial charge in [-0.25, -0.2) is 0 Å². The largest absolute Gasteiger partial charge is 0.393 e. The summed E-state index contributed by atoms with van der Waals surface area (Å²) >= 11 is 0. The van der Waals surface area contributed by atoms with E-state index in [1.165, 1.54) is 19.3 Å².